The van der Waals surface area contributed by atoms with E-state index in [1.54, 1.807) is 6.20 Å². The van der Waals surface area contributed by atoms with Crippen molar-refractivity contribution in [3.63, 3.8) is 0 Å². The number of nitrogens with zero attached hydrogens (tertiary/aromatic N) is 3. The average Bonchev–Trinajstić information content (AvgIpc) is 2.95. The quantitative estimate of drug-likeness (QED) is 0.489. The predicted molar refractivity (Wildman–Crippen MR) is 72.2 cm³/mol. The van der Waals surface area contributed by atoms with Crippen LogP contribution in [0.4, 0.5) is 5.69 Å². The normalized spacial score (nSPS) is 10.9. The minimum absolute atomic E-state index is 0.0893. The van der Waals surface area contributed by atoms with Gasteiger partial charge in [0.2, 0.25) is 0 Å². The van der Waals surface area contributed by atoms with E-state index in [9.17, 15) is 14.9 Å². The van der Waals surface area contributed by atoms with Gasteiger partial charge in [-0.25, -0.2) is 4.68 Å². The Morgan fingerprint density at radius 2 is 2.21 bits per heavy atom. The van der Waals surface area contributed by atoms with Crippen LogP contribution in [0, 0.1) is 10.1 Å². The van der Waals surface area contributed by atoms with Crippen molar-refractivity contribution in [3.05, 3.63) is 39.0 Å². The molecule has 2 rings (SSSR count). The topological polar surface area (TPSA) is 78.0 Å². The third-order valence-electron chi connectivity index (χ3n) is 2.65. The highest BCUT2D eigenvalue weighted by Crippen LogP contribution is 2.33. The summed E-state index contributed by atoms with van der Waals surface area (Å²) < 4.78 is 1.46. The molecule has 19 heavy (non-hydrogen) atoms. The van der Waals surface area contributed by atoms with Gasteiger partial charge in [0.15, 0.2) is 10.8 Å². The summed E-state index contributed by atoms with van der Waals surface area (Å²) in [6.45, 7) is 5.38. The summed E-state index contributed by atoms with van der Waals surface area (Å²) in [6, 6.07) is 3.13. The first-order valence-corrected chi connectivity index (χ1v) is 6.57. The van der Waals surface area contributed by atoms with E-state index in [1.807, 2.05) is 19.9 Å². The van der Waals surface area contributed by atoms with Crippen LogP contribution in [0.5, 0.6) is 0 Å². The third-order valence-corrected chi connectivity index (χ3v) is 3.86. The van der Waals surface area contributed by atoms with Gasteiger partial charge in [-0.05, 0) is 18.9 Å². The first-order chi connectivity index (χ1) is 8.90. The Hall–Kier alpha value is -2.02. The first kappa shape index (κ1) is 13.4. The zero-order valence-electron chi connectivity index (χ0n) is 10.8. The second-order valence-electron chi connectivity index (χ2n) is 4.45. The molecule has 0 N–H and O–H groups in total. The number of aromatic nitrogens is 2. The molecule has 0 aliphatic heterocycles. The van der Waals surface area contributed by atoms with Crippen molar-refractivity contribution in [1.82, 2.24) is 9.78 Å². The van der Waals surface area contributed by atoms with E-state index in [-0.39, 0.29) is 17.4 Å². The number of carbonyl (C=O) groups is 1. The third kappa shape index (κ3) is 2.55. The van der Waals surface area contributed by atoms with Crippen molar-refractivity contribution in [3.8, 4) is 5.00 Å². The largest absolute Gasteiger partial charge is 0.306 e. The summed E-state index contributed by atoms with van der Waals surface area (Å²) in [6.07, 6.45) is 1.68. The zero-order valence-corrected chi connectivity index (χ0v) is 11.6. The summed E-state index contributed by atoms with van der Waals surface area (Å²) in [4.78, 5) is 22.2. The van der Waals surface area contributed by atoms with E-state index in [0.29, 0.717) is 9.88 Å². The molecule has 0 spiro atoms. The van der Waals surface area contributed by atoms with E-state index in [2.05, 4.69) is 5.10 Å². The molecule has 2 aromatic heterocycles. The van der Waals surface area contributed by atoms with Crippen LogP contribution < -0.4 is 0 Å². The molecule has 0 unspecified atom stereocenters. The summed E-state index contributed by atoms with van der Waals surface area (Å²) in [5, 5.41) is 15.7. The van der Waals surface area contributed by atoms with Crippen LogP contribution in [0.3, 0.4) is 0 Å². The zero-order chi connectivity index (χ0) is 14.2. The molecular weight excluding hydrogens is 266 g/mol. The predicted octanol–water partition coefficient (Wildman–Crippen LogP) is 3.17. The van der Waals surface area contributed by atoms with Crippen molar-refractivity contribution in [2.24, 2.45) is 0 Å². The molecule has 0 radical (unpaired) electrons. The molecular formula is C12H13N3O3S. The maximum Gasteiger partial charge on any atom is 0.306 e. The highest BCUT2D eigenvalue weighted by Gasteiger charge is 2.23. The minimum atomic E-state index is -0.491. The van der Waals surface area contributed by atoms with Crippen LogP contribution in [0.1, 0.15) is 42.1 Å². The number of hydrogen-bond acceptors (Lipinski definition) is 5. The fourth-order valence-electron chi connectivity index (χ4n) is 1.60. The molecule has 2 aromatic rings. The molecule has 2 heterocycles. The van der Waals surface area contributed by atoms with Gasteiger partial charge >= 0.3 is 5.69 Å². The second kappa shape index (κ2) is 4.93. The van der Waals surface area contributed by atoms with Gasteiger partial charge in [-0.15, -0.1) is 11.3 Å². The van der Waals surface area contributed by atoms with Crippen molar-refractivity contribution >= 4 is 22.8 Å². The van der Waals surface area contributed by atoms with Gasteiger partial charge in [-0.3, -0.25) is 14.9 Å². The Bertz CT molecular complexity index is 642. The molecule has 0 bridgehead atoms. The van der Waals surface area contributed by atoms with Crippen molar-refractivity contribution < 1.29 is 9.72 Å². The lowest BCUT2D eigenvalue weighted by atomic mass is 10.1. The molecule has 7 heteroatoms. The molecule has 0 amide bonds. The Labute approximate surface area is 113 Å². The van der Waals surface area contributed by atoms with Crippen molar-refractivity contribution in [2.45, 2.75) is 26.7 Å². The molecule has 6 nitrogen and oxygen atoms in total. The second-order valence-corrected chi connectivity index (χ2v) is 5.48. The van der Waals surface area contributed by atoms with Gasteiger partial charge in [0.1, 0.15) is 0 Å². The molecule has 0 saturated carbocycles. The maximum absolute atomic E-state index is 11.3. The molecule has 0 atom stereocenters. The Kier molecular flexibility index (Phi) is 3.48. The highest BCUT2D eigenvalue weighted by atomic mass is 32.1. The number of ketones is 1. The number of thiophene rings is 1. The lowest BCUT2D eigenvalue weighted by molar-refractivity contribution is -0.384. The number of nitro groups is 1. The Morgan fingerprint density at radius 3 is 2.68 bits per heavy atom. The molecule has 0 aromatic carbocycles. The van der Waals surface area contributed by atoms with Gasteiger partial charge in [-0.1, -0.05) is 13.8 Å². The minimum Gasteiger partial charge on any atom is -0.294 e. The van der Waals surface area contributed by atoms with E-state index >= 15 is 0 Å². The van der Waals surface area contributed by atoms with Crippen LogP contribution in [0.15, 0.2) is 18.3 Å². The summed E-state index contributed by atoms with van der Waals surface area (Å²) in [7, 11) is 0. The number of Topliss-reactive ketones (excluding diaryl/α,β-unsaturated/α-hetero) is 1. The fourth-order valence-corrected chi connectivity index (χ4v) is 2.56. The van der Waals surface area contributed by atoms with Gasteiger partial charge in [0.25, 0.3) is 0 Å². The summed E-state index contributed by atoms with van der Waals surface area (Å²) >= 11 is 1.08. The van der Waals surface area contributed by atoms with Crippen LogP contribution >= 0.6 is 11.3 Å². The number of carbonyl (C=O) groups excluding carboxylic acids is 1. The van der Waals surface area contributed by atoms with Gasteiger partial charge in [0, 0.05) is 12.3 Å². The standard InChI is InChI=1S/C12H13N3O3S/c1-7(2)9-4-5-14(13-9)12-10(15(17)18)6-11(19-12)8(3)16/h4-7H,1-3H3. The first-order valence-electron chi connectivity index (χ1n) is 5.75. The smallest absolute Gasteiger partial charge is 0.294 e. The molecule has 0 aliphatic rings. The molecule has 0 saturated heterocycles. The average molecular weight is 279 g/mol. The van der Waals surface area contributed by atoms with E-state index < -0.39 is 4.92 Å². The molecule has 0 aliphatic carbocycles. The van der Waals surface area contributed by atoms with Crippen molar-refractivity contribution in [2.75, 3.05) is 0 Å². The van der Waals surface area contributed by atoms with Gasteiger partial charge in [-0.2, -0.15) is 5.10 Å². The van der Waals surface area contributed by atoms with Gasteiger partial charge < -0.3 is 0 Å². The van der Waals surface area contributed by atoms with Crippen LogP contribution in [0.2, 0.25) is 0 Å². The lowest BCUT2D eigenvalue weighted by Gasteiger charge is -1.99. The molecule has 100 valence electrons. The number of hydrogen-bond donors (Lipinski definition) is 0. The van der Waals surface area contributed by atoms with Crippen LogP contribution in [-0.4, -0.2) is 20.5 Å². The van der Waals surface area contributed by atoms with Gasteiger partial charge in [0.05, 0.1) is 15.5 Å². The molecule has 0 fully saturated rings. The van der Waals surface area contributed by atoms with Crippen molar-refractivity contribution in [1.29, 1.82) is 0 Å². The Morgan fingerprint density at radius 1 is 1.53 bits per heavy atom. The van der Waals surface area contributed by atoms with Crippen LogP contribution in [-0.2, 0) is 0 Å². The van der Waals surface area contributed by atoms with Crippen LogP contribution in [0.25, 0.3) is 5.00 Å². The van der Waals surface area contributed by atoms with E-state index in [1.165, 1.54) is 17.7 Å². The number of rotatable bonds is 4. The summed E-state index contributed by atoms with van der Waals surface area (Å²) in [5.74, 6) is 0.0585. The Balaban J connectivity index is 2.53. The SMILES string of the molecule is CC(=O)c1cc([N+](=O)[O-])c(-n2ccc(C(C)C)n2)s1. The fraction of sp³-hybridized carbons (Fsp3) is 0.333. The lowest BCUT2D eigenvalue weighted by Crippen LogP contribution is -1.98. The van der Waals surface area contributed by atoms with E-state index in [4.69, 9.17) is 0 Å². The maximum atomic E-state index is 11.3. The summed E-state index contributed by atoms with van der Waals surface area (Å²) in [5.41, 5.74) is 0.765. The highest BCUT2D eigenvalue weighted by molar-refractivity contribution is 7.17. The van der Waals surface area contributed by atoms with E-state index in [0.717, 1.165) is 17.0 Å². The monoisotopic (exact) mass is 279 g/mol.